The molecule has 1 N–H and O–H groups in total. The Hall–Kier alpha value is -0.670. The maximum atomic E-state index is 9.39. The number of hydrogen-bond donors (Lipinski definition) is 1. The van der Waals surface area contributed by atoms with E-state index in [4.69, 9.17) is 4.99 Å². The molecule has 1 unspecified atom stereocenters. The van der Waals surface area contributed by atoms with E-state index in [1.54, 1.807) is 0 Å². The monoisotopic (exact) mass is 421 g/mol. The van der Waals surface area contributed by atoms with E-state index in [0.29, 0.717) is 0 Å². The van der Waals surface area contributed by atoms with Crippen LogP contribution in [0, 0.1) is 0 Å². The number of aliphatic hydroxyl groups is 1. The van der Waals surface area contributed by atoms with Gasteiger partial charge in [0.15, 0.2) is 5.84 Å². The summed E-state index contributed by atoms with van der Waals surface area (Å²) in [6.45, 7) is 8.78. The van der Waals surface area contributed by atoms with Crippen molar-refractivity contribution in [1.82, 2.24) is 0 Å². The number of allylic oxidation sites excluding steroid dienone is 2. The van der Waals surface area contributed by atoms with Gasteiger partial charge in [-0.05, 0) is 39.0 Å². The summed E-state index contributed by atoms with van der Waals surface area (Å²) in [6, 6.07) is 0. The van der Waals surface area contributed by atoms with Gasteiger partial charge in [0, 0.05) is 6.42 Å². The van der Waals surface area contributed by atoms with Crippen LogP contribution in [0.15, 0.2) is 17.1 Å². The molecule has 0 spiro atoms. The predicted molar refractivity (Wildman–Crippen MR) is 133 cm³/mol. The molecular weight excluding hydrogens is 368 g/mol. The van der Waals surface area contributed by atoms with Crippen LogP contribution in [0.3, 0.4) is 0 Å². The first-order valence-electron chi connectivity index (χ1n) is 13.4. The van der Waals surface area contributed by atoms with Crippen molar-refractivity contribution < 1.29 is 9.59 Å². The fraction of sp³-hybridized carbons (Fsp3) is 0.889. The van der Waals surface area contributed by atoms with Gasteiger partial charge in [-0.25, -0.2) is 4.99 Å². The molecule has 0 aromatic carbocycles. The van der Waals surface area contributed by atoms with Crippen molar-refractivity contribution in [2.24, 2.45) is 4.99 Å². The lowest BCUT2D eigenvalue weighted by atomic mass is 10.1. The van der Waals surface area contributed by atoms with Crippen LogP contribution in [-0.2, 0) is 0 Å². The lowest BCUT2D eigenvalue weighted by Gasteiger charge is -2.33. The first-order valence-corrected chi connectivity index (χ1v) is 13.4. The van der Waals surface area contributed by atoms with Crippen molar-refractivity contribution in [3.8, 4) is 0 Å². The highest BCUT2D eigenvalue weighted by Gasteiger charge is 2.35. The van der Waals surface area contributed by atoms with Crippen LogP contribution in [0.5, 0.6) is 0 Å². The molecule has 0 aliphatic carbocycles. The molecule has 176 valence electrons. The molecule has 0 saturated heterocycles. The summed E-state index contributed by atoms with van der Waals surface area (Å²) >= 11 is 0. The molecule has 0 amide bonds. The number of hydrogen-bond acceptors (Lipinski definition) is 2. The van der Waals surface area contributed by atoms with Gasteiger partial charge in [0.2, 0.25) is 0 Å². The minimum atomic E-state index is 0.278. The Balaban J connectivity index is 1.87. The molecule has 0 aromatic rings. The Labute approximate surface area is 188 Å². The highest BCUT2D eigenvalue weighted by Crippen LogP contribution is 2.20. The molecule has 1 aliphatic heterocycles. The number of rotatable bonds is 21. The van der Waals surface area contributed by atoms with E-state index in [1.807, 2.05) is 0 Å². The molecule has 1 aliphatic rings. The fourth-order valence-electron chi connectivity index (χ4n) is 4.78. The van der Waals surface area contributed by atoms with Crippen molar-refractivity contribution in [3.05, 3.63) is 12.2 Å². The minimum absolute atomic E-state index is 0.278. The number of amidine groups is 1. The third kappa shape index (κ3) is 12.2. The second-order valence-electron chi connectivity index (χ2n) is 9.33. The molecule has 3 heteroatoms. The van der Waals surface area contributed by atoms with E-state index in [0.717, 1.165) is 37.1 Å². The second-order valence-corrected chi connectivity index (χ2v) is 9.33. The van der Waals surface area contributed by atoms with Gasteiger partial charge in [0.1, 0.15) is 13.1 Å². The molecule has 0 saturated carbocycles. The first-order chi connectivity index (χ1) is 14.8. The summed E-state index contributed by atoms with van der Waals surface area (Å²) in [6.07, 6.45) is 27.9. The topological polar surface area (TPSA) is 32.6 Å². The Morgan fingerprint density at radius 3 is 1.83 bits per heavy atom. The van der Waals surface area contributed by atoms with Gasteiger partial charge in [-0.2, -0.15) is 0 Å². The quantitative estimate of drug-likeness (QED) is 0.117. The smallest absolute Gasteiger partial charge is 0.198 e. The predicted octanol–water partition coefficient (Wildman–Crippen LogP) is 7.44. The van der Waals surface area contributed by atoms with Crippen LogP contribution in [0.2, 0.25) is 0 Å². The average Bonchev–Trinajstić information content (AvgIpc) is 3.16. The lowest BCUT2D eigenvalue weighted by Crippen LogP contribution is -2.52. The number of nitrogens with zero attached hydrogens (tertiary/aromatic N) is 2. The average molecular weight is 422 g/mol. The number of quaternary nitrogens is 1. The van der Waals surface area contributed by atoms with E-state index in [2.05, 4.69) is 26.0 Å². The van der Waals surface area contributed by atoms with Crippen LogP contribution in [0.25, 0.3) is 0 Å². The first kappa shape index (κ1) is 27.4. The van der Waals surface area contributed by atoms with Crippen molar-refractivity contribution in [3.63, 3.8) is 0 Å². The molecule has 0 radical (unpaired) electrons. The van der Waals surface area contributed by atoms with Crippen molar-refractivity contribution in [2.75, 3.05) is 32.8 Å². The van der Waals surface area contributed by atoms with E-state index >= 15 is 0 Å². The van der Waals surface area contributed by atoms with Gasteiger partial charge in [0.25, 0.3) is 0 Å². The Morgan fingerprint density at radius 1 is 0.767 bits per heavy atom. The third-order valence-corrected chi connectivity index (χ3v) is 6.92. The summed E-state index contributed by atoms with van der Waals surface area (Å²) in [4.78, 5) is 4.76. The summed E-state index contributed by atoms with van der Waals surface area (Å²) in [5, 5.41) is 9.39. The van der Waals surface area contributed by atoms with E-state index in [-0.39, 0.29) is 6.61 Å². The van der Waals surface area contributed by atoms with Crippen molar-refractivity contribution in [1.29, 1.82) is 0 Å². The molecule has 1 rings (SSSR count). The fourth-order valence-corrected chi connectivity index (χ4v) is 4.78. The number of aliphatic hydroxyl groups excluding tert-OH is 1. The zero-order valence-corrected chi connectivity index (χ0v) is 20.6. The maximum Gasteiger partial charge on any atom is 0.198 e. The minimum Gasteiger partial charge on any atom is -0.390 e. The third-order valence-electron chi connectivity index (χ3n) is 6.92. The molecule has 0 fully saturated rings. The lowest BCUT2D eigenvalue weighted by molar-refractivity contribution is -0.835. The van der Waals surface area contributed by atoms with Gasteiger partial charge in [-0.3, -0.25) is 4.48 Å². The Kier molecular flexibility index (Phi) is 17.4. The molecule has 0 aromatic heterocycles. The molecule has 1 atom stereocenters. The van der Waals surface area contributed by atoms with Gasteiger partial charge in [-0.1, -0.05) is 89.7 Å². The standard InChI is InChI=1S/C27H53N2O/c1-3-5-6-7-8-9-10-11-12-13-14-15-16-17-18-19-20-21-22-27-28-23-24-29(27,4-2)25-26-30/h13-14,30H,3-12,15-26H2,1-2H3/q+1/b14-13+. The van der Waals surface area contributed by atoms with Crippen molar-refractivity contribution >= 4 is 5.84 Å². The summed E-state index contributed by atoms with van der Waals surface area (Å²) in [5.74, 6) is 1.35. The molecule has 3 nitrogen and oxygen atoms in total. The summed E-state index contributed by atoms with van der Waals surface area (Å²) < 4.78 is 0.946. The van der Waals surface area contributed by atoms with Gasteiger partial charge < -0.3 is 5.11 Å². The summed E-state index contributed by atoms with van der Waals surface area (Å²) in [5.41, 5.74) is 0. The molecule has 30 heavy (non-hydrogen) atoms. The highest BCUT2D eigenvalue weighted by molar-refractivity contribution is 5.76. The molecular formula is C27H53N2O+. The second kappa shape index (κ2) is 19.0. The maximum absolute atomic E-state index is 9.39. The molecule has 0 bridgehead atoms. The van der Waals surface area contributed by atoms with E-state index < -0.39 is 0 Å². The van der Waals surface area contributed by atoms with Crippen molar-refractivity contribution in [2.45, 2.75) is 123 Å². The van der Waals surface area contributed by atoms with Crippen LogP contribution in [0.4, 0.5) is 0 Å². The zero-order valence-electron chi connectivity index (χ0n) is 20.6. The van der Waals surface area contributed by atoms with Crippen LogP contribution < -0.4 is 0 Å². The Bertz CT molecular complexity index is 446. The normalized spacial score (nSPS) is 19.1. The van der Waals surface area contributed by atoms with E-state index in [1.165, 1.54) is 109 Å². The number of unbranched alkanes of at least 4 members (excludes halogenated alkanes) is 14. The SMILES string of the molecule is CCCCCCCCCC/C=C/CCCCCCCCC1=NCC[N+]1(CC)CCO. The van der Waals surface area contributed by atoms with Crippen LogP contribution >= 0.6 is 0 Å². The summed E-state index contributed by atoms with van der Waals surface area (Å²) in [7, 11) is 0. The zero-order chi connectivity index (χ0) is 21.8. The largest absolute Gasteiger partial charge is 0.390 e. The van der Waals surface area contributed by atoms with Gasteiger partial charge >= 0.3 is 0 Å². The Morgan fingerprint density at radius 2 is 1.30 bits per heavy atom. The highest BCUT2D eigenvalue weighted by atomic mass is 16.3. The van der Waals surface area contributed by atoms with Crippen LogP contribution in [0.1, 0.15) is 123 Å². The van der Waals surface area contributed by atoms with E-state index in [9.17, 15) is 5.11 Å². The van der Waals surface area contributed by atoms with Crippen LogP contribution in [-0.4, -0.2) is 48.2 Å². The molecule has 1 heterocycles. The number of likely N-dealkylation sites (N-methyl/N-ethyl adjacent to an activating group) is 1. The van der Waals surface area contributed by atoms with Gasteiger partial charge in [-0.15, -0.1) is 0 Å². The number of aliphatic imine (C=N–C) groups is 1. The van der Waals surface area contributed by atoms with Gasteiger partial charge in [0.05, 0.1) is 19.7 Å².